The van der Waals surface area contributed by atoms with Crippen LogP contribution in [-0.4, -0.2) is 22.4 Å². The van der Waals surface area contributed by atoms with Gasteiger partial charge in [-0.15, -0.1) is 0 Å². The molecular weight excluding hydrogens is 480 g/mol. The smallest absolute Gasteiger partial charge is 0.318 e. The van der Waals surface area contributed by atoms with Crippen molar-refractivity contribution < 1.29 is 19.3 Å². The number of ketones is 1. The lowest BCUT2D eigenvalue weighted by atomic mass is 9.71. The zero-order valence-electron chi connectivity index (χ0n) is 22.2. The number of Topliss-reactive ketones (excluding diaryl/α,β-unsaturated/α-hetero) is 1. The van der Waals surface area contributed by atoms with Crippen LogP contribution in [0.15, 0.2) is 65.8 Å². The first-order chi connectivity index (χ1) is 18.2. The Balaban J connectivity index is 1.82. The molecule has 1 aliphatic carbocycles. The molecule has 0 saturated carbocycles. The summed E-state index contributed by atoms with van der Waals surface area (Å²) in [4.78, 5) is 41.5. The molecule has 0 spiro atoms. The van der Waals surface area contributed by atoms with Gasteiger partial charge in [-0.2, -0.15) is 0 Å². The van der Waals surface area contributed by atoms with Gasteiger partial charge in [-0.05, 0) is 59.7 Å². The zero-order chi connectivity index (χ0) is 27.4. The largest absolute Gasteiger partial charge is 0.331 e. The molecule has 7 heteroatoms. The van der Waals surface area contributed by atoms with Crippen LogP contribution in [-0.2, 0) is 21.5 Å². The monoisotopic (exact) mass is 512 g/mol. The van der Waals surface area contributed by atoms with Crippen molar-refractivity contribution in [3.8, 4) is 11.1 Å². The number of hydrogen-bond donors (Lipinski definition) is 0. The number of carbonyl (C=O) groups is 2. The van der Waals surface area contributed by atoms with Crippen LogP contribution in [0.3, 0.4) is 0 Å². The number of fused-ring (bicyclic) bond motifs is 3. The minimum Gasteiger partial charge on any atom is -0.318 e. The molecule has 1 aliphatic rings. The maximum Gasteiger partial charge on any atom is 0.331 e. The summed E-state index contributed by atoms with van der Waals surface area (Å²) in [6.07, 6.45) is 3.58. The topological polar surface area (TPSA) is 98.9 Å². The van der Waals surface area contributed by atoms with Gasteiger partial charge in [0.05, 0.1) is 4.92 Å². The second-order valence-electron chi connectivity index (χ2n) is 9.95. The quantitative estimate of drug-likeness (QED) is 0.0947. The molecule has 0 atom stereocenters. The molecule has 0 radical (unpaired) electrons. The third kappa shape index (κ3) is 5.14. The second kappa shape index (κ2) is 11.1. The summed E-state index contributed by atoms with van der Waals surface area (Å²) in [6, 6.07) is 18.4. The van der Waals surface area contributed by atoms with Gasteiger partial charge in [-0.25, -0.2) is 4.79 Å². The Bertz CT molecular complexity index is 1430. The van der Waals surface area contributed by atoms with E-state index in [1.54, 1.807) is 18.2 Å². The first kappa shape index (κ1) is 26.9. The van der Waals surface area contributed by atoms with E-state index in [9.17, 15) is 19.7 Å². The standard InChI is InChI=1S/C31H32N2O5/c1-5-14-31(15-6-2)27-18-23(10-12-25(27)26-13-11-24(33(36)37)19-28(26)31)30(35)29(32-38-21(4)34)17-22-9-7-8-20(3)16-22/h7-13,16,18-19H,5-6,14-15,17H2,1-4H3/b32-29+. The summed E-state index contributed by atoms with van der Waals surface area (Å²) in [6.45, 7) is 7.42. The molecule has 7 nitrogen and oxygen atoms in total. The number of rotatable bonds is 10. The molecule has 0 unspecified atom stereocenters. The highest BCUT2D eigenvalue weighted by atomic mass is 16.7. The Morgan fingerprint density at radius 3 is 2.21 bits per heavy atom. The van der Waals surface area contributed by atoms with Gasteiger partial charge in [0, 0.05) is 36.5 Å². The highest BCUT2D eigenvalue weighted by Crippen LogP contribution is 2.54. The Morgan fingerprint density at radius 2 is 1.61 bits per heavy atom. The van der Waals surface area contributed by atoms with Crippen LogP contribution in [0.1, 0.15) is 79.1 Å². The summed E-state index contributed by atoms with van der Waals surface area (Å²) in [5, 5.41) is 15.6. The van der Waals surface area contributed by atoms with Crippen LogP contribution in [0.5, 0.6) is 0 Å². The lowest BCUT2D eigenvalue weighted by Crippen LogP contribution is -2.26. The lowest BCUT2D eigenvalue weighted by molar-refractivity contribution is -0.384. The Hall–Kier alpha value is -4.13. The SMILES string of the molecule is CCCC1(CCC)c2cc(C(=O)/C(Cc3cccc(C)c3)=N/OC(C)=O)ccc2-c2ccc([N+](=O)[O-])cc21. The molecule has 0 bridgehead atoms. The molecule has 0 saturated heterocycles. The van der Waals surface area contributed by atoms with E-state index in [0.717, 1.165) is 59.1 Å². The molecule has 4 rings (SSSR count). The summed E-state index contributed by atoms with van der Waals surface area (Å²) < 4.78 is 0. The van der Waals surface area contributed by atoms with Gasteiger partial charge in [0.15, 0.2) is 0 Å². The van der Waals surface area contributed by atoms with Crippen molar-refractivity contribution in [3.05, 3.63) is 98.6 Å². The third-order valence-corrected chi connectivity index (χ3v) is 7.17. The predicted molar refractivity (Wildman–Crippen MR) is 148 cm³/mol. The van der Waals surface area contributed by atoms with Crippen molar-refractivity contribution >= 4 is 23.2 Å². The van der Waals surface area contributed by atoms with Crippen LogP contribution < -0.4 is 0 Å². The number of carbonyl (C=O) groups excluding carboxylic acids is 2. The molecule has 0 aromatic heterocycles. The van der Waals surface area contributed by atoms with Gasteiger partial charge in [0.25, 0.3) is 5.69 Å². The molecule has 0 fully saturated rings. The average molecular weight is 513 g/mol. The summed E-state index contributed by atoms with van der Waals surface area (Å²) in [5.74, 6) is -0.921. The highest BCUT2D eigenvalue weighted by Gasteiger charge is 2.43. The third-order valence-electron chi connectivity index (χ3n) is 7.17. The van der Waals surface area contributed by atoms with Crippen molar-refractivity contribution in [2.24, 2.45) is 5.16 Å². The zero-order valence-corrected chi connectivity index (χ0v) is 22.2. The molecule has 0 amide bonds. The Labute approximate surface area is 222 Å². The van der Waals surface area contributed by atoms with Crippen molar-refractivity contribution in [3.63, 3.8) is 0 Å². The average Bonchev–Trinajstić information content (AvgIpc) is 3.15. The molecule has 196 valence electrons. The number of oxime groups is 1. The van der Waals surface area contributed by atoms with E-state index in [4.69, 9.17) is 4.84 Å². The second-order valence-corrected chi connectivity index (χ2v) is 9.95. The minimum absolute atomic E-state index is 0.0680. The number of nitro groups is 1. The fraction of sp³-hybridized carbons (Fsp3) is 0.323. The number of hydrogen-bond acceptors (Lipinski definition) is 6. The fourth-order valence-corrected chi connectivity index (χ4v) is 5.71. The molecule has 3 aromatic carbocycles. The molecule has 3 aromatic rings. The number of benzene rings is 3. The normalized spacial score (nSPS) is 13.5. The molecule has 0 heterocycles. The first-order valence-electron chi connectivity index (χ1n) is 13.0. The molecular formula is C31H32N2O5. The van der Waals surface area contributed by atoms with E-state index in [1.165, 1.54) is 6.92 Å². The summed E-state index contributed by atoms with van der Waals surface area (Å²) >= 11 is 0. The van der Waals surface area contributed by atoms with E-state index in [-0.39, 0.29) is 28.5 Å². The molecule has 0 aliphatic heterocycles. The summed E-state index contributed by atoms with van der Waals surface area (Å²) in [7, 11) is 0. The van der Waals surface area contributed by atoms with E-state index >= 15 is 0 Å². The van der Waals surface area contributed by atoms with Crippen LogP contribution in [0, 0.1) is 17.0 Å². The number of non-ortho nitro benzene ring substituents is 1. The van der Waals surface area contributed by atoms with E-state index in [0.29, 0.717) is 5.56 Å². The summed E-state index contributed by atoms with van der Waals surface area (Å²) in [5.41, 5.74) is 6.07. The predicted octanol–water partition coefficient (Wildman–Crippen LogP) is 7.11. The number of aryl methyl sites for hydroxylation is 1. The molecule has 0 N–H and O–H groups in total. The van der Waals surface area contributed by atoms with Crippen LogP contribution >= 0.6 is 0 Å². The fourth-order valence-electron chi connectivity index (χ4n) is 5.71. The van der Waals surface area contributed by atoms with Gasteiger partial charge in [0.2, 0.25) is 5.78 Å². The van der Waals surface area contributed by atoms with Crippen LogP contribution in [0.25, 0.3) is 11.1 Å². The van der Waals surface area contributed by atoms with Gasteiger partial charge in [0.1, 0.15) is 5.71 Å². The Kier molecular flexibility index (Phi) is 7.86. The van der Waals surface area contributed by atoms with Gasteiger partial charge in [-0.3, -0.25) is 14.9 Å². The maximum atomic E-state index is 13.8. The van der Waals surface area contributed by atoms with E-state index < -0.39 is 11.4 Å². The van der Waals surface area contributed by atoms with Crippen LogP contribution in [0.4, 0.5) is 5.69 Å². The van der Waals surface area contributed by atoms with E-state index in [1.807, 2.05) is 49.4 Å². The first-order valence-corrected chi connectivity index (χ1v) is 13.0. The lowest BCUT2D eigenvalue weighted by Gasteiger charge is -2.32. The van der Waals surface area contributed by atoms with Crippen molar-refractivity contribution in [2.75, 3.05) is 0 Å². The maximum absolute atomic E-state index is 13.8. The van der Waals surface area contributed by atoms with Gasteiger partial charge < -0.3 is 4.84 Å². The van der Waals surface area contributed by atoms with Crippen molar-refractivity contribution in [1.29, 1.82) is 0 Å². The Morgan fingerprint density at radius 1 is 0.947 bits per heavy atom. The van der Waals surface area contributed by atoms with Gasteiger partial charge in [-0.1, -0.05) is 73.8 Å². The van der Waals surface area contributed by atoms with Crippen molar-refractivity contribution in [1.82, 2.24) is 0 Å². The number of nitro benzene ring substituents is 1. The van der Waals surface area contributed by atoms with E-state index in [2.05, 4.69) is 19.0 Å². The molecule has 38 heavy (non-hydrogen) atoms. The minimum atomic E-state index is -0.601. The number of nitrogens with zero attached hydrogens (tertiary/aromatic N) is 2. The van der Waals surface area contributed by atoms with Gasteiger partial charge >= 0.3 is 5.97 Å². The highest BCUT2D eigenvalue weighted by molar-refractivity contribution is 6.46. The van der Waals surface area contributed by atoms with Crippen LogP contribution in [0.2, 0.25) is 0 Å². The van der Waals surface area contributed by atoms with Crippen molar-refractivity contribution in [2.45, 2.75) is 65.2 Å².